The van der Waals surface area contributed by atoms with E-state index in [4.69, 9.17) is 9.47 Å². The van der Waals surface area contributed by atoms with Gasteiger partial charge in [-0.2, -0.15) is 0 Å². The molecule has 0 saturated heterocycles. The summed E-state index contributed by atoms with van der Waals surface area (Å²) in [5, 5.41) is 5.67. The first kappa shape index (κ1) is 22.1. The molecule has 31 heavy (non-hydrogen) atoms. The van der Waals surface area contributed by atoms with E-state index in [9.17, 15) is 14.4 Å². The Kier molecular flexibility index (Phi) is 7.81. The van der Waals surface area contributed by atoms with Gasteiger partial charge in [0.15, 0.2) is 0 Å². The number of hydrogen-bond donors (Lipinski definition) is 2. The number of carbonyl (C=O) groups excluding carboxylic acids is 3. The summed E-state index contributed by atoms with van der Waals surface area (Å²) in [4.78, 5) is 36.4. The quantitative estimate of drug-likeness (QED) is 0.374. The van der Waals surface area contributed by atoms with Crippen LogP contribution in [0, 0.1) is 0 Å². The van der Waals surface area contributed by atoms with Crippen molar-refractivity contribution in [1.29, 1.82) is 0 Å². The number of amides is 2. The Hall–Kier alpha value is -3.61. The van der Waals surface area contributed by atoms with Crippen LogP contribution < -0.4 is 15.4 Å². The van der Waals surface area contributed by atoms with E-state index in [2.05, 4.69) is 10.6 Å². The van der Waals surface area contributed by atoms with Crippen LogP contribution in [0.3, 0.4) is 0 Å². The monoisotopic (exact) mass is 422 g/mol. The zero-order chi connectivity index (χ0) is 22.1. The van der Waals surface area contributed by atoms with Gasteiger partial charge in [-0.05, 0) is 69.0 Å². The molecule has 3 rings (SSSR count). The van der Waals surface area contributed by atoms with E-state index in [1.54, 1.807) is 49.4 Å². The van der Waals surface area contributed by atoms with E-state index < -0.39 is 6.16 Å². The fourth-order valence-electron chi connectivity index (χ4n) is 3.32. The maximum atomic E-state index is 12.6. The highest BCUT2D eigenvalue weighted by atomic mass is 16.7. The number of anilines is 2. The van der Waals surface area contributed by atoms with Crippen LogP contribution in [-0.2, 0) is 9.53 Å². The first-order valence-corrected chi connectivity index (χ1v) is 10.4. The summed E-state index contributed by atoms with van der Waals surface area (Å²) in [6.45, 7) is 1.90. The van der Waals surface area contributed by atoms with Crippen molar-refractivity contribution in [2.75, 3.05) is 17.2 Å². The van der Waals surface area contributed by atoms with E-state index >= 15 is 0 Å². The highest BCUT2D eigenvalue weighted by molar-refractivity contribution is 6.08. The molecule has 2 aromatic carbocycles. The van der Waals surface area contributed by atoms with Gasteiger partial charge < -0.3 is 20.1 Å². The van der Waals surface area contributed by atoms with Crippen LogP contribution in [-0.4, -0.2) is 24.6 Å². The highest BCUT2D eigenvalue weighted by Crippen LogP contribution is 2.25. The summed E-state index contributed by atoms with van der Waals surface area (Å²) in [7, 11) is 0. The summed E-state index contributed by atoms with van der Waals surface area (Å²) in [5.74, 6) is -0.271. The second kappa shape index (κ2) is 11.0. The Morgan fingerprint density at radius 2 is 1.55 bits per heavy atom. The topological polar surface area (TPSA) is 93.7 Å². The van der Waals surface area contributed by atoms with Gasteiger partial charge in [-0.3, -0.25) is 9.59 Å². The lowest BCUT2D eigenvalue weighted by Crippen LogP contribution is -2.16. The number of hydrogen-bond acceptors (Lipinski definition) is 5. The van der Waals surface area contributed by atoms with Crippen LogP contribution in [0.5, 0.6) is 5.75 Å². The first-order valence-electron chi connectivity index (χ1n) is 10.4. The fourth-order valence-corrected chi connectivity index (χ4v) is 3.32. The predicted octanol–water partition coefficient (Wildman–Crippen LogP) is 5.30. The van der Waals surface area contributed by atoms with Crippen molar-refractivity contribution in [3.63, 3.8) is 0 Å². The van der Waals surface area contributed by atoms with Crippen molar-refractivity contribution in [2.24, 2.45) is 0 Å². The average Bonchev–Trinajstić information content (AvgIpc) is 2.76. The lowest BCUT2D eigenvalue weighted by molar-refractivity contribution is -0.112. The number of rotatable bonds is 6. The molecule has 0 unspecified atom stereocenters. The molecule has 0 atom stereocenters. The summed E-state index contributed by atoms with van der Waals surface area (Å²) < 4.78 is 9.70. The molecule has 0 aliphatic heterocycles. The molecule has 1 fully saturated rings. The standard InChI is InChI=1S/C24H26N2O5/c1-2-30-24(29)31-19-14-12-18(13-15-19)23(28)26-21-11-7-6-10-20(21)25-22(27)16-17-8-4-3-5-9-17/h6-7,10-16H,2-5,8-9H2,1H3,(H,25,27)(H,26,28). The SMILES string of the molecule is CCOC(=O)Oc1ccc(C(=O)Nc2ccccc2NC(=O)C=C2CCCCC2)cc1. The van der Waals surface area contributed by atoms with Crippen LogP contribution in [0.1, 0.15) is 49.4 Å². The molecule has 7 heteroatoms. The third-order valence-corrected chi connectivity index (χ3v) is 4.84. The van der Waals surface area contributed by atoms with Gasteiger partial charge in [-0.1, -0.05) is 24.1 Å². The van der Waals surface area contributed by atoms with Gasteiger partial charge in [0, 0.05) is 11.6 Å². The van der Waals surface area contributed by atoms with Crippen molar-refractivity contribution in [3.8, 4) is 5.75 Å². The molecule has 7 nitrogen and oxygen atoms in total. The van der Waals surface area contributed by atoms with Gasteiger partial charge >= 0.3 is 6.16 Å². The first-order chi connectivity index (χ1) is 15.0. The average molecular weight is 422 g/mol. The Morgan fingerprint density at radius 3 is 2.19 bits per heavy atom. The van der Waals surface area contributed by atoms with Gasteiger partial charge in [0.25, 0.3) is 5.91 Å². The van der Waals surface area contributed by atoms with Gasteiger partial charge in [0.1, 0.15) is 5.75 Å². The Morgan fingerprint density at radius 1 is 0.903 bits per heavy atom. The Balaban J connectivity index is 1.64. The van der Waals surface area contributed by atoms with Gasteiger partial charge in [-0.25, -0.2) is 4.79 Å². The second-order valence-corrected chi connectivity index (χ2v) is 7.16. The molecule has 2 amide bonds. The molecule has 1 saturated carbocycles. The molecule has 0 radical (unpaired) electrons. The number of carbonyl (C=O) groups is 3. The third kappa shape index (κ3) is 6.70. The highest BCUT2D eigenvalue weighted by Gasteiger charge is 2.13. The van der Waals surface area contributed by atoms with Crippen molar-refractivity contribution in [2.45, 2.75) is 39.0 Å². The summed E-state index contributed by atoms with van der Waals surface area (Å²) >= 11 is 0. The van der Waals surface area contributed by atoms with E-state index in [0.717, 1.165) is 31.3 Å². The molecule has 1 aliphatic carbocycles. The molecule has 2 N–H and O–H groups in total. The minimum absolute atomic E-state index is 0.195. The van der Waals surface area contributed by atoms with Crippen LogP contribution in [0.15, 0.2) is 60.2 Å². The van der Waals surface area contributed by atoms with E-state index in [-0.39, 0.29) is 24.2 Å². The van der Waals surface area contributed by atoms with Crippen molar-refractivity contribution in [1.82, 2.24) is 0 Å². The van der Waals surface area contributed by atoms with Gasteiger partial charge in [0.2, 0.25) is 5.91 Å². The smallest absolute Gasteiger partial charge is 0.434 e. The summed E-state index contributed by atoms with van der Waals surface area (Å²) in [5.41, 5.74) is 2.56. The number of ether oxygens (including phenoxy) is 2. The normalized spacial score (nSPS) is 13.1. The number of para-hydroxylation sites is 2. The van der Waals surface area contributed by atoms with Crippen molar-refractivity contribution >= 4 is 29.3 Å². The van der Waals surface area contributed by atoms with Crippen LogP contribution in [0.2, 0.25) is 0 Å². The predicted molar refractivity (Wildman–Crippen MR) is 118 cm³/mol. The molecular weight excluding hydrogens is 396 g/mol. The second-order valence-electron chi connectivity index (χ2n) is 7.16. The zero-order valence-corrected chi connectivity index (χ0v) is 17.5. The third-order valence-electron chi connectivity index (χ3n) is 4.84. The molecular formula is C24H26N2O5. The molecule has 2 aromatic rings. The Labute approximate surface area is 181 Å². The largest absolute Gasteiger partial charge is 0.513 e. The van der Waals surface area contributed by atoms with Crippen molar-refractivity contribution in [3.05, 3.63) is 65.7 Å². The number of benzene rings is 2. The van der Waals surface area contributed by atoms with Gasteiger partial charge in [0.05, 0.1) is 18.0 Å². The lowest BCUT2D eigenvalue weighted by atomic mass is 9.94. The summed E-state index contributed by atoms with van der Waals surface area (Å²) in [6, 6.07) is 13.1. The zero-order valence-electron chi connectivity index (χ0n) is 17.5. The minimum atomic E-state index is -0.799. The maximum Gasteiger partial charge on any atom is 0.513 e. The molecule has 0 aromatic heterocycles. The van der Waals surface area contributed by atoms with Crippen LogP contribution in [0.25, 0.3) is 0 Å². The van der Waals surface area contributed by atoms with Crippen molar-refractivity contribution < 1.29 is 23.9 Å². The summed E-state index contributed by atoms with van der Waals surface area (Å²) in [6.07, 6.45) is 6.24. The number of nitrogens with one attached hydrogen (secondary N) is 2. The molecule has 162 valence electrons. The molecule has 0 bridgehead atoms. The molecule has 0 heterocycles. The van der Waals surface area contributed by atoms with Gasteiger partial charge in [-0.15, -0.1) is 0 Å². The maximum absolute atomic E-state index is 12.6. The minimum Gasteiger partial charge on any atom is -0.434 e. The lowest BCUT2D eigenvalue weighted by Gasteiger charge is -2.14. The van der Waals surface area contributed by atoms with E-state index in [1.807, 2.05) is 0 Å². The fraction of sp³-hybridized carbons (Fsp3) is 0.292. The van der Waals surface area contributed by atoms with E-state index in [0.29, 0.717) is 16.9 Å². The number of allylic oxidation sites excluding steroid dienone is 1. The van der Waals surface area contributed by atoms with Crippen LogP contribution in [0.4, 0.5) is 16.2 Å². The Bertz CT molecular complexity index is 958. The van der Waals surface area contributed by atoms with Crippen LogP contribution >= 0.6 is 0 Å². The van der Waals surface area contributed by atoms with E-state index in [1.165, 1.54) is 18.6 Å². The molecule has 1 aliphatic rings. The molecule has 0 spiro atoms.